The van der Waals surface area contributed by atoms with E-state index in [0.29, 0.717) is 0 Å². The van der Waals surface area contributed by atoms with Crippen molar-refractivity contribution in [1.29, 1.82) is 0 Å². The van der Waals surface area contributed by atoms with Crippen LogP contribution in [-0.4, -0.2) is 25.7 Å². The fraction of sp³-hybridized carbons (Fsp3) is 0.667. The van der Waals surface area contributed by atoms with E-state index < -0.39 is 0 Å². The standard InChI is InChI=1S/C12H20N2S/c1-3-11(14-7-1)5-8-13-9-6-12-4-2-10-15-12/h2,4,10-11,13-14H,1,3,5-9H2. The summed E-state index contributed by atoms with van der Waals surface area (Å²) in [6.45, 7) is 3.50. The first-order valence-corrected chi connectivity index (χ1v) is 6.79. The predicted octanol–water partition coefficient (Wildman–Crippen LogP) is 2.02. The topological polar surface area (TPSA) is 24.1 Å². The Morgan fingerprint density at radius 2 is 2.47 bits per heavy atom. The van der Waals surface area contributed by atoms with Crippen molar-refractivity contribution >= 4 is 11.3 Å². The van der Waals surface area contributed by atoms with Crippen LogP contribution in [0.2, 0.25) is 0 Å². The van der Waals surface area contributed by atoms with Crippen molar-refractivity contribution in [2.75, 3.05) is 19.6 Å². The van der Waals surface area contributed by atoms with Crippen LogP contribution in [0.15, 0.2) is 17.5 Å². The van der Waals surface area contributed by atoms with E-state index in [1.54, 1.807) is 0 Å². The van der Waals surface area contributed by atoms with Crippen LogP contribution in [0.25, 0.3) is 0 Å². The molecule has 15 heavy (non-hydrogen) atoms. The van der Waals surface area contributed by atoms with Crippen LogP contribution in [0.1, 0.15) is 24.1 Å². The second kappa shape index (κ2) is 6.26. The van der Waals surface area contributed by atoms with Gasteiger partial charge < -0.3 is 10.6 Å². The van der Waals surface area contributed by atoms with Gasteiger partial charge in [-0.3, -0.25) is 0 Å². The van der Waals surface area contributed by atoms with Crippen molar-refractivity contribution in [3.8, 4) is 0 Å². The molecule has 0 radical (unpaired) electrons. The van der Waals surface area contributed by atoms with Gasteiger partial charge in [-0.1, -0.05) is 6.07 Å². The molecule has 0 bridgehead atoms. The van der Waals surface area contributed by atoms with E-state index in [0.717, 1.165) is 19.1 Å². The minimum Gasteiger partial charge on any atom is -0.316 e. The smallest absolute Gasteiger partial charge is 0.00796 e. The normalized spacial score (nSPS) is 20.9. The summed E-state index contributed by atoms with van der Waals surface area (Å²) in [4.78, 5) is 1.49. The second-order valence-electron chi connectivity index (χ2n) is 4.16. The van der Waals surface area contributed by atoms with Gasteiger partial charge in [0, 0.05) is 10.9 Å². The average molecular weight is 224 g/mol. The molecule has 1 unspecified atom stereocenters. The van der Waals surface area contributed by atoms with Gasteiger partial charge in [-0.15, -0.1) is 11.3 Å². The molecule has 1 fully saturated rings. The summed E-state index contributed by atoms with van der Waals surface area (Å²) >= 11 is 1.85. The molecule has 2 rings (SSSR count). The van der Waals surface area contributed by atoms with Gasteiger partial charge in [0.25, 0.3) is 0 Å². The minimum atomic E-state index is 0.777. The SMILES string of the molecule is c1csc(CCNCCC2CCCN2)c1. The van der Waals surface area contributed by atoms with Gasteiger partial charge in [-0.05, 0) is 56.8 Å². The summed E-state index contributed by atoms with van der Waals surface area (Å²) in [5, 5.41) is 9.19. The molecule has 1 aromatic rings. The average Bonchev–Trinajstić information content (AvgIpc) is 2.88. The third-order valence-corrected chi connectivity index (χ3v) is 3.90. The molecular weight excluding hydrogens is 204 g/mol. The van der Waals surface area contributed by atoms with Crippen LogP contribution in [-0.2, 0) is 6.42 Å². The zero-order chi connectivity index (χ0) is 10.3. The molecule has 1 aromatic heterocycles. The lowest BCUT2D eigenvalue weighted by atomic mass is 10.1. The highest BCUT2D eigenvalue weighted by atomic mass is 32.1. The highest BCUT2D eigenvalue weighted by Crippen LogP contribution is 2.09. The lowest BCUT2D eigenvalue weighted by molar-refractivity contribution is 0.525. The van der Waals surface area contributed by atoms with Crippen LogP contribution in [0.3, 0.4) is 0 Å². The number of thiophene rings is 1. The lowest BCUT2D eigenvalue weighted by Gasteiger charge is -2.10. The molecule has 84 valence electrons. The molecule has 2 N–H and O–H groups in total. The van der Waals surface area contributed by atoms with E-state index in [-0.39, 0.29) is 0 Å². The Labute approximate surface area is 96.1 Å². The first-order valence-electron chi connectivity index (χ1n) is 5.91. The van der Waals surface area contributed by atoms with Crippen LogP contribution in [0.4, 0.5) is 0 Å². The maximum atomic E-state index is 3.52. The molecule has 1 aliphatic heterocycles. The van der Waals surface area contributed by atoms with Gasteiger partial charge in [0.05, 0.1) is 0 Å². The first-order chi connectivity index (χ1) is 7.45. The van der Waals surface area contributed by atoms with Crippen molar-refractivity contribution in [3.05, 3.63) is 22.4 Å². The van der Waals surface area contributed by atoms with Gasteiger partial charge in [0.15, 0.2) is 0 Å². The maximum Gasteiger partial charge on any atom is 0.00796 e. The summed E-state index contributed by atoms with van der Waals surface area (Å²) in [5.74, 6) is 0. The summed E-state index contributed by atoms with van der Waals surface area (Å²) in [6, 6.07) is 5.12. The van der Waals surface area contributed by atoms with Gasteiger partial charge in [-0.2, -0.15) is 0 Å². The number of hydrogen-bond acceptors (Lipinski definition) is 3. The molecule has 0 aromatic carbocycles. The molecular formula is C12H20N2S. The molecule has 0 saturated carbocycles. The zero-order valence-corrected chi connectivity index (χ0v) is 9.98. The Morgan fingerprint density at radius 1 is 1.47 bits per heavy atom. The Balaban J connectivity index is 1.48. The quantitative estimate of drug-likeness (QED) is 0.722. The molecule has 1 atom stereocenters. The Bertz CT molecular complexity index is 253. The minimum absolute atomic E-state index is 0.777. The van der Waals surface area contributed by atoms with Crippen molar-refractivity contribution in [2.24, 2.45) is 0 Å². The van der Waals surface area contributed by atoms with Crippen molar-refractivity contribution in [3.63, 3.8) is 0 Å². The summed E-state index contributed by atoms with van der Waals surface area (Å²) in [5.41, 5.74) is 0. The maximum absolute atomic E-state index is 3.52. The molecule has 2 nitrogen and oxygen atoms in total. The molecule has 0 spiro atoms. The third kappa shape index (κ3) is 3.93. The van der Waals surface area contributed by atoms with Crippen molar-refractivity contribution in [1.82, 2.24) is 10.6 Å². The molecule has 1 saturated heterocycles. The largest absolute Gasteiger partial charge is 0.316 e. The molecule has 2 heterocycles. The Morgan fingerprint density at radius 3 is 3.20 bits per heavy atom. The van der Waals surface area contributed by atoms with Crippen molar-refractivity contribution in [2.45, 2.75) is 31.7 Å². The number of nitrogens with one attached hydrogen (secondary N) is 2. The fourth-order valence-electron chi connectivity index (χ4n) is 2.07. The van der Waals surface area contributed by atoms with Crippen LogP contribution >= 0.6 is 11.3 Å². The van der Waals surface area contributed by atoms with E-state index in [9.17, 15) is 0 Å². The van der Waals surface area contributed by atoms with Crippen LogP contribution < -0.4 is 10.6 Å². The zero-order valence-electron chi connectivity index (χ0n) is 9.17. The highest BCUT2D eigenvalue weighted by molar-refractivity contribution is 7.09. The fourth-order valence-corrected chi connectivity index (χ4v) is 2.78. The summed E-state index contributed by atoms with van der Waals surface area (Å²) in [7, 11) is 0. The summed E-state index contributed by atoms with van der Waals surface area (Å²) < 4.78 is 0. The lowest BCUT2D eigenvalue weighted by Crippen LogP contribution is -2.27. The predicted molar refractivity (Wildman–Crippen MR) is 66.5 cm³/mol. The molecule has 3 heteroatoms. The Kier molecular flexibility index (Phi) is 4.64. The monoisotopic (exact) mass is 224 g/mol. The van der Waals surface area contributed by atoms with Gasteiger partial charge >= 0.3 is 0 Å². The van der Waals surface area contributed by atoms with E-state index in [2.05, 4.69) is 28.1 Å². The van der Waals surface area contributed by atoms with E-state index in [4.69, 9.17) is 0 Å². The highest BCUT2D eigenvalue weighted by Gasteiger charge is 2.12. The van der Waals surface area contributed by atoms with Gasteiger partial charge in [0.1, 0.15) is 0 Å². The molecule has 0 aliphatic carbocycles. The molecule has 1 aliphatic rings. The van der Waals surface area contributed by atoms with Crippen molar-refractivity contribution < 1.29 is 0 Å². The number of rotatable bonds is 6. The summed E-state index contributed by atoms with van der Waals surface area (Å²) in [6.07, 6.45) is 5.19. The van der Waals surface area contributed by atoms with Gasteiger partial charge in [0.2, 0.25) is 0 Å². The second-order valence-corrected chi connectivity index (χ2v) is 5.19. The Hall–Kier alpha value is -0.380. The van der Waals surface area contributed by atoms with Crippen LogP contribution in [0.5, 0.6) is 0 Å². The van der Waals surface area contributed by atoms with Crippen LogP contribution in [0, 0.1) is 0 Å². The van der Waals surface area contributed by atoms with E-state index in [1.165, 1.54) is 37.1 Å². The first kappa shape index (κ1) is 11.1. The third-order valence-electron chi connectivity index (χ3n) is 2.96. The van der Waals surface area contributed by atoms with E-state index in [1.807, 2.05) is 11.3 Å². The molecule has 0 amide bonds. The van der Waals surface area contributed by atoms with Gasteiger partial charge in [-0.25, -0.2) is 0 Å². The number of hydrogen-bond donors (Lipinski definition) is 2. The van der Waals surface area contributed by atoms with E-state index >= 15 is 0 Å².